The van der Waals surface area contributed by atoms with Crippen molar-refractivity contribution in [2.24, 2.45) is 5.92 Å². The molecule has 3 N–H and O–H groups in total. The molecule has 3 aromatic rings. The molecule has 2 aromatic carbocycles. The summed E-state index contributed by atoms with van der Waals surface area (Å²) in [5.41, 5.74) is -0.397. The summed E-state index contributed by atoms with van der Waals surface area (Å²) < 4.78 is 17.7. The summed E-state index contributed by atoms with van der Waals surface area (Å²) in [5, 5.41) is 30.6. The van der Waals surface area contributed by atoms with E-state index in [1.165, 1.54) is 19.2 Å². The maximum absolute atomic E-state index is 13.8. The predicted octanol–water partition coefficient (Wildman–Crippen LogP) is 5.12. The van der Waals surface area contributed by atoms with Crippen LogP contribution >= 0.6 is 0 Å². The van der Waals surface area contributed by atoms with Gasteiger partial charge in [-0.25, -0.2) is 4.89 Å². The van der Waals surface area contributed by atoms with Gasteiger partial charge < -0.3 is 24.1 Å². The molecule has 8 heteroatoms. The average molecular weight is 469 g/mol. The van der Waals surface area contributed by atoms with Crippen molar-refractivity contribution < 1.29 is 34.2 Å². The molecule has 1 aliphatic rings. The topological polar surface area (TPSA) is 119 Å². The monoisotopic (exact) mass is 468 g/mol. The van der Waals surface area contributed by atoms with Crippen LogP contribution in [0.3, 0.4) is 0 Å². The van der Waals surface area contributed by atoms with Crippen LogP contribution in [-0.4, -0.2) is 34.3 Å². The number of methoxy groups -OCH3 is 1. The van der Waals surface area contributed by atoms with Crippen LogP contribution in [0.25, 0.3) is 28.4 Å². The van der Waals surface area contributed by atoms with Gasteiger partial charge in [-0.15, -0.1) is 0 Å². The Morgan fingerprint density at radius 3 is 2.59 bits per heavy atom. The molecule has 0 spiro atoms. The van der Waals surface area contributed by atoms with E-state index < -0.39 is 17.1 Å². The molecule has 1 aliphatic heterocycles. The Balaban J connectivity index is 2.06. The number of allylic oxidation sites excluding steroid dienone is 1. The molecular weight excluding hydrogens is 440 g/mol. The van der Waals surface area contributed by atoms with Gasteiger partial charge in [0.25, 0.3) is 0 Å². The molecule has 0 saturated heterocycles. The minimum atomic E-state index is -1.20. The highest BCUT2D eigenvalue weighted by atomic mass is 17.1. The van der Waals surface area contributed by atoms with Crippen LogP contribution in [0.15, 0.2) is 39.6 Å². The van der Waals surface area contributed by atoms with Gasteiger partial charge in [-0.05, 0) is 31.9 Å². The molecule has 1 aromatic heterocycles. The maximum atomic E-state index is 13.8. The molecule has 0 radical (unpaired) electrons. The zero-order valence-corrected chi connectivity index (χ0v) is 19.7. The minimum Gasteiger partial charge on any atom is -0.508 e. The van der Waals surface area contributed by atoms with Gasteiger partial charge in [-0.1, -0.05) is 26.0 Å². The lowest BCUT2D eigenvalue weighted by Crippen LogP contribution is -2.44. The molecular formula is C26H28O8. The van der Waals surface area contributed by atoms with E-state index >= 15 is 0 Å². The largest absolute Gasteiger partial charge is 0.508 e. The summed E-state index contributed by atoms with van der Waals surface area (Å²) >= 11 is 0. The molecule has 2 heterocycles. The fraction of sp³-hybridized carbons (Fsp3) is 0.346. The molecule has 8 nitrogen and oxygen atoms in total. The van der Waals surface area contributed by atoms with Crippen molar-refractivity contribution in [2.75, 3.05) is 7.11 Å². The summed E-state index contributed by atoms with van der Waals surface area (Å²) in [6.45, 7) is 7.22. The SMILES string of the molecule is COc1cc2oc3c(c(=O)c2c(O)c1C=CC(C)C)CC(C(C)(C)OO)Oc1cc(O)ccc1-3. The third-order valence-electron chi connectivity index (χ3n) is 6.00. The Labute approximate surface area is 196 Å². The van der Waals surface area contributed by atoms with Gasteiger partial charge >= 0.3 is 0 Å². The highest BCUT2D eigenvalue weighted by Crippen LogP contribution is 2.43. The first-order valence-electron chi connectivity index (χ1n) is 11.0. The van der Waals surface area contributed by atoms with Crippen molar-refractivity contribution in [1.29, 1.82) is 0 Å². The molecule has 0 bridgehead atoms. The second-order valence-corrected chi connectivity index (χ2v) is 9.24. The molecule has 0 amide bonds. The van der Waals surface area contributed by atoms with Crippen molar-refractivity contribution in [1.82, 2.24) is 0 Å². The van der Waals surface area contributed by atoms with Gasteiger partial charge in [0.05, 0.1) is 18.2 Å². The summed E-state index contributed by atoms with van der Waals surface area (Å²) in [6.07, 6.45) is 2.83. The Kier molecular flexibility index (Phi) is 6.05. The first-order chi connectivity index (χ1) is 16.1. The summed E-state index contributed by atoms with van der Waals surface area (Å²) in [7, 11) is 1.47. The van der Waals surface area contributed by atoms with Gasteiger partial charge in [0, 0.05) is 24.1 Å². The molecule has 180 valence electrons. The molecule has 1 unspecified atom stereocenters. The van der Waals surface area contributed by atoms with Gasteiger partial charge in [0.2, 0.25) is 0 Å². The third kappa shape index (κ3) is 3.99. The van der Waals surface area contributed by atoms with E-state index in [1.54, 1.807) is 32.1 Å². The fourth-order valence-corrected chi connectivity index (χ4v) is 4.01. The summed E-state index contributed by atoms with van der Waals surface area (Å²) in [5.74, 6) is 0.809. The number of aromatic hydroxyl groups is 2. The number of fused-ring (bicyclic) bond motifs is 4. The van der Waals surface area contributed by atoms with Crippen LogP contribution in [0.2, 0.25) is 0 Å². The third-order valence-corrected chi connectivity index (χ3v) is 6.00. The molecule has 0 saturated carbocycles. The number of rotatable bonds is 5. The molecule has 34 heavy (non-hydrogen) atoms. The maximum Gasteiger partial charge on any atom is 0.200 e. The van der Waals surface area contributed by atoms with Crippen molar-refractivity contribution in [3.8, 4) is 34.3 Å². The van der Waals surface area contributed by atoms with Crippen LogP contribution < -0.4 is 14.9 Å². The summed E-state index contributed by atoms with van der Waals surface area (Å²) in [4.78, 5) is 18.4. The van der Waals surface area contributed by atoms with E-state index in [0.717, 1.165) is 0 Å². The fourth-order valence-electron chi connectivity index (χ4n) is 4.01. The Bertz CT molecular complexity index is 1330. The highest BCUT2D eigenvalue weighted by Gasteiger charge is 2.39. The van der Waals surface area contributed by atoms with Crippen LogP contribution in [0.5, 0.6) is 23.0 Å². The van der Waals surface area contributed by atoms with E-state index in [2.05, 4.69) is 4.89 Å². The van der Waals surface area contributed by atoms with E-state index in [-0.39, 0.29) is 51.9 Å². The lowest BCUT2D eigenvalue weighted by molar-refractivity contribution is -0.330. The van der Waals surface area contributed by atoms with Crippen LogP contribution in [0.1, 0.15) is 38.8 Å². The highest BCUT2D eigenvalue weighted by molar-refractivity contribution is 5.92. The standard InChI is InChI=1S/C26H28O8/c1-13(2)6-8-15-18(31-5)12-20-22(23(15)28)24(29)17-11-21(26(3,4)34-30)32-19-10-14(27)7-9-16(19)25(17)33-20/h6-10,12-13,21,27-28,30H,11H2,1-5H3. The van der Waals surface area contributed by atoms with E-state index in [9.17, 15) is 20.3 Å². The zero-order valence-electron chi connectivity index (χ0n) is 19.7. The predicted molar refractivity (Wildman–Crippen MR) is 128 cm³/mol. The Morgan fingerprint density at radius 2 is 1.94 bits per heavy atom. The Morgan fingerprint density at radius 1 is 1.21 bits per heavy atom. The van der Waals surface area contributed by atoms with E-state index in [0.29, 0.717) is 16.9 Å². The number of phenolic OH excluding ortho intramolecular Hbond substituents is 2. The van der Waals surface area contributed by atoms with Gasteiger partial charge in [0.1, 0.15) is 51.4 Å². The van der Waals surface area contributed by atoms with Crippen molar-refractivity contribution in [3.05, 3.63) is 51.7 Å². The summed E-state index contributed by atoms with van der Waals surface area (Å²) in [6, 6.07) is 6.03. The zero-order chi connectivity index (χ0) is 24.8. The number of hydrogen-bond acceptors (Lipinski definition) is 8. The van der Waals surface area contributed by atoms with Crippen LogP contribution in [0, 0.1) is 5.92 Å². The lowest BCUT2D eigenvalue weighted by atomic mass is 9.93. The van der Waals surface area contributed by atoms with E-state index in [1.807, 2.05) is 19.9 Å². The first-order valence-corrected chi connectivity index (χ1v) is 11.0. The second-order valence-electron chi connectivity index (χ2n) is 9.24. The Hall–Kier alpha value is -3.49. The van der Waals surface area contributed by atoms with E-state index in [4.69, 9.17) is 13.9 Å². The van der Waals surface area contributed by atoms with Gasteiger partial charge in [0.15, 0.2) is 5.43 Å². The minimum absolute atomic E-state index is 0.0201. The van der Waals surface area contributed by atoms with Crippen molar-refractivity contribution in [3.63, 3.8) is 0 Å². The molecule has 4 rings (SSSR count). The average Bonchev–Trinajstić information content (AvgIpc) is 2.95. The lowest BCUT2D eigenvalue weighted by Gasteiger charge is -2.30. The second kappa shape index (κ2) is 8.70. The number of phenols is 2. The normalized spacial score (nSPS) is 15.8. The molecule has 1 atom stereocenters. The van der Waals surface area contributed by atoms with Crippen molar-refractivity contribution in [2.45, 2.75) is 45.8 Å². The van der Waals surface area contributed by atoms with Gasteiger partial charge in [-0.2, -0.15) is 0 Å². The number of benzene rings is 2. The number of hydrogen-bond donors (Lipinski definition) is 3. The first kappa shape index (κ1) is 23.7. The van der Waals surface area contributed by atoms with Crippen LogP contribution in [0.4, 0.5) is 0 Å². The van der Waals surface area contributed by atoms with Crippen molar-refractivity contribution >= 4 is 17.0 Å². The quantitative estimate of drug-likeness (QED) is 0.349. The number of ether oxygens (including phenoxy) is 2. The molecule has 0 fully saturated rings. The smallest absolute Gasteiger partial charge is 0.200 e. The van der Waals surface area contributed by atoms with Gasteiger partial charge in [-0.3, -0.25) is 10.1 Å². The molecule has 0 aliphatic carbocycles. The van der Waals surface area contributed by atoms with Crippen LogP contribution in [-0.2, 0) is 11.3 Å².